The number of aromatic nitrogens is 1. The van der Waals surface area contributed by atoms with E-state index >= 15 is 0 Å². The van der Waals surface area contributed by atoms with Crippen LogP contribution in [0.5, 0.6) is 5.75 Å². The monoisotopic (exact) mass is 499 g/mol. The second kappa shape index (κ2) is 10.4. The van der Waals surface area contributed by atoms with E-state index in [-0.39, 0.29) is 10.6 Å². The highest BCUT2D eigenvalue weighted by Gasteiger charge is 2.40. The number of rotatable bonds is 8. The molecule has 1 aromatic heterocycles. The molecule has 2 aromatic carbocycles. The van der Waals surface area contributed by atoms with E-state index in [2.05, 4.69) is 27.3 Å². The minimum atomic E-state index is -0.287. The Morgan fingerprint density at radius 1 is 1.22 bits per heavy atom. The molecule has 0 aliphatic carbocycles. The molecule has 1 N–H and O–H groups in total. The molecule has 8 heteroatoms. The van der Waals surface area contributed by atoms with Crippen LogP contribution in [0.15, 0.2) is 36.5 Å². The van der Waals surface area contributed by atoms with Gasteiger partial charge in [-0.1, -0.05) is 6.07 Å². The Hall–Kier alpha value is -3.54. The second-order valence-corrected chi connectivity index (χ2v) is 10.4. The van der Waals surface area contributed by atoms with Crippen molar-refractivity contribution in [2.75, 3.05) is 13.7 Å². The molecular formula is C29H33N5O3. The third-order valence-corrected chi connectivity index (χ3v) is 8.22. The number of hydrogen-bond donors (Lipinski definition) is 1. The van der Waals surface area contributed by atoms with Crippen molar-refractivity contribution in [3.63, 3.8) is 0 Å². The Morgan fingerprint density at radius 2 is 1.97 bits per heavy atom. The van der Waals surface area contributed by atoms with E-state index in [1.165, 1.54) is 12.8 Å². The van der Waals surface area contributed by atoms with Gasteiger partial charge in [-0.15, -0.1) is 0 Å². The molecule has 0 saturated carbocycles. The van der Waals surface area contributed by atoms with E-state index in [4.69, 9.17) is 4.74 Å². The Bertz CT molecular complexity index is 1370. The molecule has 2 aliphatic rings. The Labute approximate surface area is 217 Å². The van der Waals surface area contributed by atoms with Crippen molar-refractivity contribution in [1.82, 2.24) is 15.2 Å². The van der Waals surface area contributed by atoms with Crippen LogP contribution < -0.4 is 10.1 Å². The Morgan fingerprint density at radius 3 is 2.65 bits per heavy atom. The molecule has 0 spiro atoms. The van der Waals surface area contributed by atoms with E-state index in [0.717, 1.165) is 64.7 Å². The summed E-state index contributed by atoms with van der Waals surface area (Å²) in [7, 11) is 1.65. The molecular weight excluding hydrogens is 466 g/mol. The van der Waals surface area contributed by atoms with Gasteiger partial charge < -0.3 is 10.1 Å². The first-order valence-corrected chi connectivity index (χ1v) is 13.0. The van der Waals surface area contributed by atoms with Crippen LogP contribution in [0.2, 0.25) is 0 Å². The van der Waals surface area contributed by atoms with Gasteiger partial charge in [0.15, 0.2) is 0 Å². The highest BCUT2D eigenvalue weighted by atomic mass is 16.6. The average Bonchev–Trinajstić information content (AvgIpc) is 3.13. The maximum absolute atomic E-state index is 11.4. The third-order valence-electron chi connectivity index (χ3n) is 8.22. The minimum absolute atomic E-state index is 0.199. The maximum Gasteiger partial charge on any atom is 0.272 e. The van der Waals surface area contributed by atoms with E-state index in [1.807, 2.05) is 32.0 Å². The summed E-state index contributed by atoms with van der Waals surface area (Å²) in [6.07, 6.45) is 7.00. The molecule has 8 nitrogen and oxygen atoms in total. The fraction of sp³-hybridized carbons (Fsp3) is 0.448. The SMILES string of the molecule is COc1ccc2ncc(C#N)c(CCN3C4CC[C@H]3CC(NCc3cc(C)cc([N+](=O)[O-])c3C)C4)c2c1. The van der Waals surface area contributed by atoms with Gasteiger partial charge in [-0.3, -0.25) is 20.0 Å². The van der Waals surface area contributed by atoms with Gasteiger partial charge in [0.1, 0.15) is 11.8 Å². The molecule has 2 saturated heterocycles. The number of pyridine rings is 1. The van der Waals surface area contributed by atoms with Gasteiger partial charge in [-0.25, -0.2) is 0 Å². The zero-order valence-corrected chi connectivity index (χ0v) is 21.7. The highest BCUT2D eigenvalue weighted by Crippen LogP contribution is 2.37. The number of nitro groups is 1. The number of nitro benzene ring substituents is 1. The van der Waals surface area contributed by atoms with Crippen molar-refractivity contribution in [2.45, 2.75) is 70.6 Å². The van der Waals surface area contributed by atoms with E-state index in [9.17, 15) is 15.4 Å². The van der Waals surface area contributed by atoms with Gasteiger partial charge in [-0.05, 0) is 80.8 Å². The lowest BCUT2D eigenvalue weighted by molar-refractivity contribution is -0.385. The van der Waals surface area contributed by atoms with Crippen molar-refractivity contribution in [3.05, 3.63) is 74.5 Å². The van der Waals surface area contributed by atoms with Crippen LogP contribution in [-0.4, -0.2) is 46.6 Å². The summed E-state index contributed by atoms with van der Waals surface area (Å²) in [5, 5.41) is 25.9. The standard InChI is InChI=1S/C29H33N5O3/c1-18-10-20(19(2)29(11-18)34(35)36)16-31-22-12-23-4-5-24(13-22)33(23)9-8-26-21(15-30)17-32-28-7-6-25(37-3)14-27(26)28/h6-7,10-11,14,17,22-24,31H,4-5,8-9,12-13,16H2,1-3H3/t22?,23-,24?/m0/s1. The highest BCUT2D eigenvalue weighted by molar-refractivity contribution is 5.85. The largest absolute Gasteiger partial charge is 0.497 e. The minimum Gasteiger partial charge on any atom is -0.497 e. The van der Waals surface area contributed by atoms with E-state index in [0.29, 0.717) is 30.2 Å². The normalized spacial score (nSPS) is 21.2. The molecule has 2 fully saturated rings. The number of ether oxygens (including phenoxy) is 1. The third kappa shape index (κ3) is 5.02. The molecule has 2 aliphatic heterocycles. The maximum atomic E-state index is 11.4. The number of piperidine rings is 1. The average molecular weight is 500 g/mol. The topological polar surface area (TPSA) is 104 Å². The lowest BCUT2D eigenvalue weighted by Gasteiger charge is -2.39. The fourth-order valence-corrected chi connectivity index (χ4v) is 6.31. The van der Waals surface area contributed by atoms with Crippen molar-refractivity contribution >= 4 is 16.6 Å². The molecule has 3 heterocycles. The molecule has 2 unspecified atom stereocenters. The van der Waals surface area contributed by atoms with Crippen molar-refractivity contribution in [2.24, 2.45) is 0 Å². The van der Waals surface area contributed by atoms with Crippen molar-refractivity contribution in [1.29, 1.82) is 5.26 Å². The predicted molar refractivity (Wildman–Crippen MR) is 143 cm³/mol. The number of aryl methyl sites for hydroxylation is 1. The van der Waals surface area contributed by atoms with Crippen LogP contribution in [0, 0.1) is 35.3 Å². The quantitative estimate of drug-likeness (QED) is 0.345. The number of nitrogens with zero attached hydrogens (tertiary/aromatic N) is 4. The first kappa shape index (κ1) is 25.1. The molecule has 3 aromatic rings. The van der Waals surface area contributed by atoms with Gasteiger partial charge in [0.05, 0.1) is 23.1 Å². The van der Waals surface area contributed by atoms with E-state index in [1.54, 1.807) is 19.4 Å². The summed E-state index contributed by atoms with van der Waals surface area (Å²) in [5.41, 5.74) is 5.43. The smallest absolute Gasteiger partial charge is 0.272 e. The molecule has 0 amide bonds. The number of hydrogen-bond acceptors (Lipinski definition) is 7. The number of methoxy groups -OCH3 is 1. The zero-order chi connectivity index (χ0) is 26.1. The summed E-state index contributed by atoms with van der Waals surface area (Å²) in [5.74, 6) is 0.770. The molecule has 3 atom stereocenters. The Kier molecular flexibility index (Phi) is 7.09. The lowest BCUT2D eigenvalue weighted by atomic mass is 9.95. The first-order valence-electron chi connectivity index (χ1n) is 13.0. The molecule has 37 heavy (non-hydrogen) atoms. The van der Waals surface area contributed by atoms with Crippen LogP contribution in [0.4, 0.5) is 5.69 Å². The molecule has 192 valence electrons. The van der Waals surface area contributed by atoms with Gasteiger partial charge in [-0.2, -0.15) is 5.26 Å². The summed E-state index contributed by atoms with van der Waals surface area (Å²) < 4.78 is 5.43. The van der Waals surface area contributed by atoms with Crippen LogP contribution in [0.1, 0.15) is 53.5 Å². The number of fused-ring (bicyclic) bond motifs is 3. The van der Waals surface area contributed by atoms with Gasteiger partial charge >= 0.3 is 0 Å². The van der Waals surface area contributed by atoms with Crippen LogP contribution in [0.3, 0.4) is 0 Å². The predicted octanol–water partition coefficient (Wildman–Crippen LogP) is 4.97. The summed E-state index contributed by atoms with van der Waals surface area (Å²) >= 11 is 0. The van der Waals surface area contributed by atoms with Crippen LogP contribution in [0.25, 0.3) is 10.9 Å². The fourth-order valence-electron chi connectivity index (χ4n) is 6.31. The Balaban J connectivity index is 1.26. The van der Waals surface area contributed by atoms with Gasteiger partial charge in [0.2, 0.25) is 0 Å². The number of benzene rings is 2. The number of nitriles is 1. The second-order valence-electron chi connectivity index (χ2n) is 10.4. The van der Waals surface area contributed by atoms with Crippen molar-refractivity contribution in [3.8, 4) is 11.8 Å². The summed E-state index contributed by atoms with van der Waals surface area (Å²) in [6, 6.07) is 13.3. The summed E-state index contributed by atoms with van der Waals surface area (Å²) in [6.45, 7) is 5.31. The van der Waals surface area contributed by atoms with Crippen molar-refractivity contribution < 1.29 is 9.66 Å². The van der Waals surface area contributed by atoms with Crippen LogP contribution >= 0.6 is 0 Å². The van der Waals surface area contributed by atoms with Crippen LogP contribution in [-0.2, 0) is 13.0 Å². The van der Waals surface area contributed by atoms with Gasteiger partial charge in [0, 0.05) is 54.4 Å². The molecule has 2 bridgehead atoms. The first-order chi connectivity index (χ1) is 17.9. The molecule has 0 radical (unpaired) electrons. The number of nitrogens with one attached hydrogen (secondary N) is 1. The summed E-state index contributed by atoms with van der Waals surface area (Å²) in [4.78, 5) is 18.2. The molecule has 5 rings (SSSR count). The lowest BCUT2D eigenvalue weighted by Crippen LogP contribution is -2.49. The zero-order valence-electron chi connectivity index (χ0n) is 21.7. The van der Waals surface area contributed by atoms with E-state index < -0.39 is 0 Å². The van der Waals surface area contributed by atoms with Gasteiger partial charge in [0.25, 0.3) is 5.69 Å².